The van der Waals surface area contributed by atoms with Gasteiger partial charge in [-0.2, -0.15) is 0 Å². The van der Waals surface area contributed by atoms with Crippen LogP contribution in [0.15, 0.2) is 60.8 Å². The summed E-state index contributed by atoms with van der Waals surface area (Å²) in [4.78, 5) is 39.1. The van der Waals surface area contributed by atoms with Gasteiger partial charge >= 0.3 is 6.09 Å². The van der Waals surface area contributed by atoms with Crippen LogP contribution in [0.3, 0.4) is 0 Å². The van der Waals surface area contributed by atoms with Crippen LogP contribution in [-0.4, -0.2) is 33.8 Å². The van der Waals surface area contributed by atoms with Crippen molar-refractivity contribution in [3.63, 3.8) is 0 Å². The Balaban J connectivity index is 1.77. The predicted molar refractivity (Wildman–Crippen MR) is 97.1 cm³/mol. The molecule has 6 nitrogen and oxygen atoms in total. The molecule has 3 N–H and O–H groups in total. The number of carboxylic acid groups (broad SMARTS) is 1. The van der Waals surface area contributed by atoms with E-state index >= 15 is 0 Å². The fourth-order valence-electron chi connectivity index (χ4n) is 2.94. The molecule has 6 heteroatoms. The Labute approximate surface area is 149 Å². The molecule has 132 valence electrons. The first kappa shape index (κ1) is 17.4. The number of nitrogens with one attached hydrogen (secondary N) is 2. The Kier molecular flexibility index (Phi) is 5.12. The smallest absolute Gasteiger partial charge is 0.405 e. The fourth-order valence-corrected chi connectivity index (χ4v) is 2.94. The van der Waals surface area contributed by atoms with Gasteiger partial charge in [0.05, 0.1) is 0 Å². The maximum absolute atomic E-state index is 12.6. The van der Waals surface area contributed by atoms with Crippen LogP contribution in [0.1, 0.15) is 11.1 Å². The summed E-state index contributed by atoms with van der Waals surface area (Å²) in [5.74, 6) is -1.36. The van der Waals surface area contributed by atoms with Crippen molar-refractivity contribution in [3.8, 4) is 0 Å². The van der Waals surface area contributed by atoms with Gasteiger partial charge in [0, 0.05) is 29.9 Å². The Bertz CT molecular complexity index is 947. The van der Waals surface area contributed by atoms with Crippen LogP contribution in [0, 0.1) is 0 Å². The summed E-state index contributed by atoms with van der Waals surface area (Å²) in [5.41, 5.74) is 2.37. The molecule has 0 fully saturated rings. The summed E-state index contributed by atoms with van der Waals surface area (Å²) in [6.45, 7) is 0. The molecule has 0 aliphatic rings. The number of aromatic nitrogens is 1. The van der Waals surface area contributed by atoms with Gasteiger partial charge in [-0.05, 0) is 17.2 Å². The van der Waals surface area contributed by atoms with Crippen molar-refractivity contribution >= 4 is 28.6 Å². The number of hydrogen-bond donors (Lipinski definition) is 3. The number of rotatable bonds is 7. The van der Waals surface area contributed by atoms with Crippen molar-refractivity contribution in [3.05, 3.63) is 71.9 Å². The highest BCUT2D eigenvalue weighted by Gasteiger charge is 2.27. The summed E-state index contributed by atoms with van der Waals surface area (Å²) >= 11 is 0. The fraction of sp³-hybridized carbons (Fsp3) is 0.150. The molecule has 3 rings (SSSR count). The molecule has 0 saturated heterocycles. The highest BCUT2D eigenvalue weighted by molar-refractivity contribution is 6.40. The van der Waals surface area contributed by atoms with Gasteiger partial charge in [0.15, 0.2) is 0 Å². The van der Waals surface area contributed by atoms with Crippen molar-refractivity contribution in [2.75, 3.05) is 0 Å². The highest BCUT2D eigenvalue weighted by Crippen LogP contribution is 2.18. The average molecular weight is 350 g/mol. The van der Waals surface area contributed by atoms with E-state index in [1.54, 1.807) is 30.5 Å². The number of benzene rings is 2. The number of carbonyl (C=O) groups is 3. The third-order valence-corrected chi connectivity index (χ3v) is 4.20. The molecule has 0 saturated carbocycles. The van der Waals surface area contributed by atoms with E-state index in [4.69, 9.17) is 5.11 Å². The summed E-state index contributed by atoms with van der Waals surface area (Å²) in [6, 6.07) is 15.4. The summed E-state index contributed by atoms with van der Waals surface area (Å²) in [5, 5.41) is 12.0. The number of para-hydroxylation sites is 1. The molecule has 2 aromatic carbocycles. The van der Waals surface area contributed by atoms with Gasteiger partial charge in [0.25, 0.3) is 0 Å². The van der Waals surface area contributed by atoms with Gasteiger partial charge in [-0.15, -0.1) is 0 Å². The molecule has 3 aromatic rings. The number of aromatic amines is 1. The lowest BCUT2D eigenvalue weighted by Gasteiger charge is -2.15. The molecule has 0 spiro atoms. The topological polar surface area (TPSA) is 99.3 Å². The molecule has 0 aliphatic heterocycles. The third-order valence-electron chi connectivity index (χ3n) is 4.20. The number of ketones is 2. The van der Waals surface area contributed by atoms with E-state index in [0.717, 1.165) is 16.5 Å². The molecule has 0 aliphatic carbocycles. The van der Waals surface area contributed by atoms with Gasteiger partial charge in [0.2, 0.25) is 11.6 Å². The Morgan fingerprint density at radius 1 is 1.00 bits per heavy atom. The first-order valence-corrected chi connectivity index (χ1v) is 8.20. The van der Waals surface area contributed by atoms with E-state index in [9.17, 15) is 14.4 Å². The van der Waals surface area contributed by atoms with Crippen molar-refractivity contribution in [1.82, 2.24) is 10.3 Å². The van der Waals surface area contributed by atoms with Gasteiger partial charge < -0.3 is 15.4 Å². The minimum Gasteiger partial charge on any atom is -0.465 e. The molecule has 0 bridgehead atoms. The second kappa shape index (κ2) is 7.65. The van der Waals surface area contributed by atoms with Crippen LogP contribution >= 0.6 is 0 Å². The quantitative estimate of drug-likeness (QED) is 0.571. The van der Waals surface area contributed by atoms with E-state index < -0.39 is 23.7 Å². The number of hydrogen-bond acceptors (Lipinski definition) is 3. The molecule has 1 unspecified atom stereocenters. The maximum atomic E-state index is 12.6. The van der Waals surface area contributed by atoms with E-state index in [1.165, 1.54) is 0 Å². The van der Waals surface area contributed by atoms with E-state index in [-0.39, 0.29) is 12.8 Å². The minimum absolute atomic E-state index is 0.0740. The van der Waals surface area contributed by atoms with Crippen molar-refractivity contribution in [1.29, 1.82) is 0 Å². The highest BCUT2D eigenvalue weighted by atomic mass is 16.4. The lowest BCUT2D eigenvalue weighted by molar-refractivity contribution is -0.137. The van der Waals surface area contributed by atoms with E-state index in [1.807, 2.05) is 30.3 Å². The zero-order chi connectivity index (χ0) is 18.5. The number of H-pyrrole nitrogens is 1. The molecule has 1 aromatic heterocycles. The van der Waals surface area contributed by atoms with Crippen molar-refractivity contribution in [2.24, 2.45) is 0 Å². The Hall–Kier alpha value is -3.41. The van der Waals surface area contributed by atoms with Gasteiger partial charge in [-0.3, -0.25) is 9.59 Å². The maximum Gasteiger partial charge on any atom is 0.405 e. The first-order valence-electron chi connectivity index (χ1n) is 8.20. The van der Waals surface area contributed by atoms with Crippen molar-refractivity contribution in [2.45, 2.75) is 18.9 Å². The predicted octanol–water partition coefficient (Wildman–Crippen LogP) is 2.73. The molecule has 26 heavy (non-hydrogen) atoms. The van der Waals surface area contributed by atoms with Gasteiger partial charge in [0.1, 0.15) is 6.04 Å². The Morgan fingerprint density at radius 3 is 2.42 bits per heavy atom. The molecule has 1 amide bonds. The summed E-state index contributed by atoms with van der Waals surface area (Å²) < 4.78 is 0. The van der Waals surface area contributed by atoms with Crippen LogP contribution in [-0.2, 0) is 22.4 Å². The van der Waals surface area contributed by atoms with Crippen LogP contribution in [0.25, 0.3) is 10.9 Å². The average Bonchev–Trinajstić information content (AvgIpc) is 3.04. The minimum atomic E-state index is -1.33. The molecular weight excluding hydrogens is 332 g/mol. The second-order valence-corrected chi connectivity index (χ2v) is 6.02. The number of carbonyl (C=O) groups excluding carboxylic acids is 2. The molecule has 1 heterocycles. The van der Waals surface area contributed by atoms with Gasteiger partial charge in [-0.25, -0.2) is 4.79 Å². The van der Waals surface area contributed by atoms with Gasteiger partial charge in [-0.1, -0.05) is 48.5 Å². The lowest BCUT2D eigenvalue weighted by atomic mass is 9.97. The molecule has 0 radical (unpaired) electrons. The molecular formula is C20H18N2O4. The van der Waals surface area contributed by atoms with Crippen LogP contribution in [0.5, 0.6) is 0 Å². The van der Waals surface area contributed by atoms with Crippen molar-refractivity contribution < 1.29 is 19.5 Å². The normalized spacial score (nSPS) is 11.8. The van der Waals surface area contributed by atoms with E-state index in [2.05, 4.69) is 10.3 Å². The number of fused-ring (bicyclic) bond motifs is 1. The Morgan fingerprint density at radius 2 is 1.69 bits per heavy atom. The van der Waals surface area contributed by atoms with Crippen LogP contribution in [0.4, 0.5) is 4.79 Å². The summed E-state index contributed by atoms with van der Waals surface area (Å²) in [7, 11) is 0. The third kappa shape index (κ3) is 3.97. The number of Topliss-reactive ketones (excluding diaryl/α,β-unsaturated/α-hetero) is 2. The zero-order valence-electron chi connectivity index (χ0n) is 13.9. The molecule has 1 atom stereocenters. The SMILES string of the molecule is O=C(O)NC(Cc1ccccc1)C(=O)C(=O)Cc1c[nH]c2ccccc12. The van der Waals surface area contributed by atoms with E-state index in [0.29, 0.717) is 5.56 Å². The largest absolute Gasteiger partial charge is 0.465 e. The standard InChI is InChI=1S/C20H18N2O4/c23-18(11-14-12-21-16-9-5-4-8-15(14)16)19(24)17(22-20(25)26)10-13-6-2-1-3-7-13/h1-9,12,17,21-22H,10-11H2,(H,25,26). The monoisotopic (exact) mass is 350 g/mol. The van der Waals surface area contributed by atoms with Crippen LogP contribution in [0.2, 0.25) is 0 Å². The first-order chi connectivity index (χ1) is 12.5. The second-order valence-electron chi connectivity index (χ2n) is 6.02. The zero-order valence-corrected chi connectivity index (χ0v) is 13.9. The lowest BCUT2D eigenvalue weighted by Crippen LogP contribution is -2.45. The van der Waals surface area contributed by atoms with Crippen LogP contribution < -0.4 is 5.32 Å². The number of amides is 1. The summed E-state index contributed by atoms with van der Waals surface area (Å²) in [6.07, 6.45) is 0.424.